The molecule has 78 valence electrons. The van der Waals surface area contributed by atoms with Crippen LogP contribution in [-0.2, 0) is 5.75 Å². The molecule has 0 aliphatic heterocycles. The quantitative estimate of drug-likeness (QED) is 0.831. The van der Waals surface area contributed by atoms with Gasteiger partial charge in [0.15, 0.2) is 0 Å². The molecule has 0 N–H and O–H groups in total. The van der Waals surface area contributed by atoms with E-state index in [1.165, 1.54) is 10.6 Å². The Labute approximate surface area is 106 Å². The first-order valence-corrected chi connectivity index (χ1v) is 7.55. The Kier molecular flexibility index (Phi) is 3.83. The van der Waals surface area contributed by atoms with E-state index in [-0.39, 0.29) is 0 Å². The SMILES string of the molecule is CSCc1nc(-c2cccc(Br)c2)cs1. The highest BCUT2D eigenvalue weighted by molar-refractivity contribution is 9.10. The Bertz CT molecular complexity index is 453. The Morgan fingerprint density at radius 3 is 3.07 bits per heavy atom. The van der Waals surface area contributed by atoms with Crippen LogP contribution in [0.4, 0.5) is 0 Å². The molecule has 4 heteroatoms. The van der Waals surface area contributed by atoms with E-state index in [0.717, 1.165) is 15.9 Å². The molecule has 1 nitrogen and oxygen atoms in total. The van der Waals surface area contributed by atoms with Crippen LogP contribution in [0.1, 0.15) is 5.01 Å². The van der Waals surface area contributed by atoms with Gasteiger partial charge in [0.25, 0.3) is 0 Å². The number of thioether (sulfide) groups is 1. The molecule has 0 amide bonds. The van der Waals surface area contributed by atoms with E-state index in [1.54, 1.807) is 23.1 Å². The van der Waals surface area contributed by atoms with Gasteiger partial charge >= 0.3 is 0 Å². The Morgan fingerprint density at radius 2 is 2.33 bits per heavy atom. The van der Waals surface area contributed by atoms with Crippen molar-refractivity contribution >= 4 is 39.0 Å². The molecule has 0 fully saturated rings. The van der Waals surface area contributed by atoms with Crippen LogP contribution in [0.25, 0.3) is 11.3 Å². The lowest BCUT2D eigenvalue weighted by Gasteiger charge is -1.96. The summed E-state index contributed by atoms with van der Waals surface area (Å²) in [6, 6.07) is 8.24. The highest BCUT2D eigenvalue weighted by atomic mass is 79.9. The molecular formula is C11H10BrNS2. The molecule has 0 atom stereocenters. The number of hydrogen-bond donors (Lipinski definition) is 0. The van der Waals surface area contributed by atoms with Gasteiger partial charge in [-0.2, -0.15) is 11.8 Å². The topological polar surface area (TPSA) is 12.9 Å². The van der Waals surface area contributed by atoms with Crippen molar-refractivity contribution in [2.45, 2.75) is 5.75 Å². The van der Waals surface area contributed by atoms with Crippen LogP contribution in [0.3, 0.4) is 0 Å². The summed E-state index contributed by atoms with van der Waals surface area (Å²) in [4.78, 5) is 4.59. The van der Waals surface area contributed by atoms with Gasteiger partial charge in [-0.05, 0) is 18.4 Å². The first-order chi connectivity index (χ1) is 7.29. The van der Waals surface area contributed by atoms with Crippen LogP contribution >= 0.6 is 39.0 Å². The maximum Gasteiger partial charge on any atom is 0.103 e. The Hall–Kier alpha value is -0.320. The summed E-state index contributed by atoms with van der Waals surface area (Å²) in [7, 11) is 0. The van der Waals surface area contributed by atoms with Gasteiger partial charge in [0, 0.05) is 21.2 Å². The fourth-order valence-electron chi connectivity index (χ4n) is 1.28. The third kappa shape index (κ3) is 2.83. The molecule has 0 saturated carbocycles. The Morgan fingerprint density at radius 1 is 1.47 bits per heavy atom. The second kappa shape index (κ2) is 5.14. The summed E-state index contributed by atoms with van der Waals surface area (Å²) in [5.74, 6) is 0.999. The summed E-state index contributed by atoms with van der Waals surface area (Å²) < 4.78 is 1.10. The lowest BCUT2D eigenvalue weighted by atomic mass is 10.2. The van der Waals surface area contributed by atoms with Crippen molar-refractivity contribution in [1.29, 1.82) is 0 Å². The smallest absolute Gasteiger partial charge is 0.103 e. The van der Waals surface area contributed by atoms with Gasteiger partial charge in [0.05, 0.1) is 5.69 Å². The van der Waals surface area contributed by atoms with Crippen molar-refractivity contribution in [1.82, 2.24) is 4.98 Å². The van der Waals surface area contributed by atoms with Crippen LogP contribution in [0.15, 0.2) is 34.1 Å². The van der Waals surface area contributed by atoms with Crippen molar-refractivity contribution in [2.24, 2.45) is 0 Å². The maximum absolute atomic E-state index is 4.59. The molecule has 1 heterocycles. The first kappa shape index (κ1) is 11.2. The van der Waals surface area contributed by atoms with Gasteiger partial charge in [-0.25, -0.2) is 4.98 Å². The predicted octanol–water partition coefficient (Wildman–Crippen LogP) is 4.44. The third-order valence-electron chi connectivity index (χ3n) is 1.94. The molecule has 0 spiro atoms. The Balaban J connectivity index is 2.29. The maximum atomic E-state index is 4.59. The molecule has 0 saturated heterocycles. The summed E-state index contributed by atoms with van der Waals surface area (Å²) in [5, 5.41) is 3.31. The standard InChI is InChI=1S/C11H10BrNS2/c1-14-7-11-13-10(6-15-11)8-3-2-4-9(12)5-8/h2-6H,7H2,1H3. The average molecular weight is 300 g/mol. The van der Waals surface area contributed by atoms with Crippen LogP contribution in [0, 0.1) is 0 Å². The molecule has 1 aromatic carbocycles. The van der Waals surface area contributed by atoms with Gasteiger partial charge in [-0.1, -0.05) is 28.1 Å². The van der Waals surface area contributed by atoms with Gasteiger partial charge in [0.2, 0.25) is 0 Å². The zero-order valence-corrected chi connectivity index (χ0v) is 11.5. The fraction of sp³-hybridized carbons (Fsp3) is 0.182. The normalized spacial score (nSPS) is 10.5. The second-order valence-electron chi connectivity index (χ2n) is 3.07. The van der Waals surface area contributed by atoms with Crippen LogP contribution in [0.5, 0.6) is 0 Å². The van der Waals surface area contributed by atoms with E-state index < -0.39 is 0 Å². The molecule has 0 aliphatic carbocycles. The number of aromatic nitrogens is 1. The molecule has 0 radical (unpaired) electrons. The molecule has 0 aliphatic rings. The predicted molar refractivity (Wildman–Crippen MR) is 72.5 cm³/mol. The monoisotopic (exact) mass is 299 g/mol. The van der Waals surface area contributed by atoms with Crippen molar-refractivity contribution in [2.75, 3.05) is 6.26 Å². The van der Waals surface area contributed by atoms with Crippen molar-refractivity contribution in [3.8, 4) is 11.3 Å². The molecule has 2 aromatic rings. The van der Waals surface area contributed by atoms with Crippen molar-refractivity contribution in [3.05, 3.63) is 39.1 Å². The molecule has 15 heavy (non-hydrogen) atoms. The largest absolute Gasteiger partial charge is 0.240 e. The van der Waals surface area contributed by atoms with Crippen LogP contribution in [-0.4, -0.2) is 11.2 Å². The summed E-state index contributed by atoms with van der Waals surface area (Å²) in [6.07, 6.45) is 2.10. The van der Waals surface area contributed by atoms with E-state index in [4.69, 9.17) is 0 Å². The van der Waals surface area contributed by atoms with Gasteiger partial charge in [-0.3, -0.25) is 0 Å². The minimum atomic E-state index is 0.999. The first-order valence-electron chi connectivity index (χ1n) is 4.49. The van der Waals surface area contributed by atoms with Gasteiger partial charge in [-0.15, -0.1) is 11.3 Å². The van der Waals surface area contributed by atoms with Gasteiger partial charge in [0.1, 0.15) is 5.01 Å². The summed E-state index contributed by atoms with van der Waals surface area (Å²) in [5.41, 5.74) is 2.25. The molecule has 1 aromatic heterocycles. The zero-order valence-electron chi connectivity index (χ0n) is 8.24. The van der Waals surface area contributed by atoms with Crippen LogP contribution < -0.4 is 0 Å². The highest BCUT2D eigenvalue weighted by Gasteiger charge is 2.03. The van der Waals surface area contributed by atoms with E-state index >= 15 is 0 Å². The number of benzene rings is 1. The number of rotatable bonds is 3. The minimum absolute atomic E-state index is 0.999. The minimum Gasteiger partial charge on any atom is -0.240 e. The summed E-state index contributed by atoms with van der Waals surface area (Å²) in [6.45, 7) is 0. The van der Waals surface area contributed by atoms with E-state index in [9.17, 15) is 0 Å². The van der Waals surface area contributed by atoms with Crippen molar-refractivity contribution < 1.29 is 0 Å². The number of halogens is 1. The van der Waals surface area contributed by atoms with E-state index in [0.29, 0.717) is 0 Å². The fourth-order valence-corrected chi connectivity index (χ4v) is 3.21. The van der Waals surface area contributed by atoms with Gasteiger partial charge < -0.3 is 0 Å². The molecular weight excluding hydrogens is 290 g/mol. The zero-order chi connectivity index (χ0) is 10.7. The lowest BCUT2D eigenvalue weighted by Crippen LogP contribution is -1.80. The van der Waals surface area contributed by atoms with E-state index in [2.05, 4.69) is 44.7 Å². The summed E-state index contributed by atoms with van der Waals surface area (Å²) >= 11 is 7.00. The second-order valence-corrected chi connectivity index (χ2v) is 5.79. The van der Waals surface area contributed by atoms with Crippen molar-refractivity contribution in [3.63, 3.8) is 0 Å². The molecule has 2 rings (SSSR count). The highest BCUT2D eigenvalue weighted by Crippen LogP contribution is 2.25. The number of thiazole rings is 1. The van der Waals surface area contributed by atoms with E-state index in [1.807, 2.05) is 12.1 Å². The van der Waals surface area contributed by atoms with Crippen LogP contribution in [0.2, 0.25) is 0 Å². The number of hydrogen-bond acceptors (Lipinski definition) is 3. The number of nitrogens with zero attached hydrogens (tertiary/aromatic N) is 1. The molecule has 0 bridgehead atoms. The average Bonchev–Trinajstić information content (AvgIpc) is 2.67. The lowest BCUT2D eigenvalue weighted by molar-refractivity contribution is 1.27. The molecule has 0 unspecified atom stereocenters. The third-order valence-corrected chi connectivity index (χ3v) is 4.03.